The molecular weight excluding hydrogens is 363 g/mol. The minimum absolute atomic E-state index is 0.298. The summed E-state index contributed by atoms with van der Waals surface area (Å²) in [6.45, 7) is -0.676. The van der Waals surface area contributed by atoms with Gasteiger partial charge in [-0.2, -0.15) is 0 Å². The number of nitrogens with zero attached hydrogens (tertiary/aromatic N) is 1. The minimum Gasteiger partial charge on any atom is -0.505 e. The highest BCUT2D eigenvalue weighted by Gasteiger charge is 2.23. The Labute approximate surface area is 149 Å². The van der Waals surface area contributed by atoms with Gasteiger partial charge >= 0.3 is 5.97 Å². The van der Waals surface area contributed by atoms with E-state index in [0.29, 0.717) is 20.7 Å². The molecule has 3 rings (SSSR count). The molecule has 3 aromatic rings. The van der Waals surface area contributed by atoms with Gasteiger partial charge in [0.25, 0.3) is 11.5 Å². The number of carboxylic acids is 1. The molecule has 26 heavy (non-hydrogen) atoms. The molecule has 0 spiro atoms. The number of aromatic nitrogens is 1. The number of hydrogen-bond donors (Lipinski definition) is 3. The maximum absolute atomic E-state index is 13.1. The van der Waals surface area contributed by atoms with Gasteiger partial charge in [0.15, 0.2) is 5.75 Å². The van der Waals surface area contributed by atoms with Crippen molar-refractivity contribution in [2.75, 3.05) is 6.54 Å². The Morgan fingerprint density at radius 1 is 1.27 bits per heavy atom. The largest absolute Gasteiger partial charge is 0.505 e. The molecule has 0 saturated heterocycles. The second-order valence-corrected chi connectivity index (χ2v) is 6.55. The fourth-order valence-electron chi connectivity index (χ4n) is 2.50. The van der Waals surface area contributed by atoms with E-state index in [1.54, 1.807) is 18.2 Å². The molecular formula is C17H13FN2O5S. The number of amides is 1. The van der Waals surface area contributed by atoms with E-state index in [1.165, 1.54) is 23.7 Å². The van der Waals surface area contributed by atoms with Crippen LogP contribution in [0.5, 0.6) is 5.75 Å². The fourth-order valence-corrected chi connectivity index (χ4v) is 3.64. The van der Waals surface area contributed by atoms with E-state index in [4.69, 9.17) is 5.11 Å². The van der Waals surface area contributed by atoms with Gasteiger partial charge in [0, 0.05) is 11.9 Å². The van der Waals surface area contributed by atoms with Gasteiger partial charge < -0.3 is 20.1 Å². The Kier molecular flexibility index (Phi) is 4.47. The van der Waals surface area contributed by atoms with Gasteiger partial charge in [-0.1, -0.05) is 12.1 Å². The summed E-state index contributed by atoms with van der Waals surface area (Å²) >= 11 is 1.13. The van der Waals surface area contributed by atoms with Crippen molar-refractivity contribution in [2.45, 2.75) is 0 Å². The number of aliphatic carboxylic acids is 1. The number of thiophene rings is 1. The zero-order valence-electron chi connectivity index (χ0n) is 13.4. The summed E-state index contributed by atoms with van der Waals surface area (Å²) in [5.74, 6) is -3.14. The predicted octanol–water partition coefficient (Wildman–Crippen LogP) is 1.93. The average Bonchev–Trinajstić information content (AvgIpc) is 3.04. The van der Waals surface area contributed by atoms with E-state index < -0.39 is 35.3 Å². The molecule has 0 unspecified atom stereocenters. The second kappa shape index (κ2) is 6.60. The molecule has 1 amide bonds. The highest BCUT2D eigenvalue weighted by molar-refractivity contribution is 7.22. The van der Waals surface area contributed by atoms with E-state index in [9.17, 15) is 23.9 Å². The fraction of sp³-hybridized carbons (Fsp3) is 0.118. The van der Waals surface area contributed by atoms with Crippen molar-refractivity contribution in [2.24, 2.45) is 7.05 Å². The number of carbonyl (C=O) groups is 2. The molecule has 0 aliphatic heterocycles. The lowest BCUT2D eigenvalue weighted by Crippen LogP contribution is -2.35. The number of nitrogens with one attached hydrogen (secondary N) is 1. The summed E-state index contributed by atoms with van der Waals surface area (Å²) in [4.78, 5) is 35.8. The van der Waals surface area contributed by atoms with Crippen LogP contribution in [-0.4, -0.2) is 33.2 Å². The molecule has 2 heterocycles. The van der Waals surface area contributed by atoms with E-state index in [-0.39, 0.29) is 5.82 Å². The smallest absolute Gasteiger partial charge is 0.322 e. The molecule has 9 heteroatoms. The minimum atomic E-state index is -1.27. The number of fused-ring (bicyclic) bond motifs is 1. The zero-order chi connectivity index (χ0) is 19.0. The maximum atomic E-state index is 13.1. The van der Waals surface area contributed by atoms with Crippen LogP contribution in [-0.2, 0) is 11.8 Å². The van der Waals surface area contributed by atoms with Crippen LogP contribution in [0, 0.1) is 5.82 Å². The van der Waals surface area contributed by atoms with Gasteiger partial charge in [-0.25, -0.2) is 4.39 Å². The first-order chi connectivity index (χ1) is 12.3. The van der Waals surface area contributed by atoms with Crippen LogP contribution in [0.15, 0.2) is 35.1 Å². The predicted molar refractivity (Wildman–Crippen MR) is 94.1 cm³/mol. The van der Waals surface area contributed by atoms with E-state index >= 15 is 0 Å². The van der Waals surface area contributed by atoms with Gasteiger partial charge in [-0.3, -0.25) is 14.4 Å². The Hall–Kier alpha value is -3.20. The van der Waals surface area contributed by atoms with Crippen LogP contribution in [0.2, 0.25) is 0 Å². The number of rotatable bonds is 4. The maximum Gasteiger partial charge on any atom is 0.322 e. The lowest BCUT2D eigenvalue weighted by atomic mass is 10.1. The Balaban J connectivity index is 2.15. The summed E-state index contributed by atoms with van der Waals surface area (Å²) in [6.07, 6.45) is 0. The number of aromatic hydroxyl groups is 1. The summed E-state index contributed by atoms with van der Waals surface area (Å²) in [7, 11) is 1.44. The van der Waals surface area contributed by atoms with Crippen molar-refractivity contribution in [3.8, 4) is 16.2 Å². The number of pyridine rings is 1. The lowest BCUT2D eigenvalue weighted by Gasteiger charge is -2.08. The number of carbonyl (C=O) groups excluding carboxylic acids is 1. The van der Waals surface area contributed by atoms with Crippen LogP contribution < -0.4 is 10.9 Å². The van der Waals surface area contributed by atoms with Crippen molar-refractivity contribution < 1.29 is 24.2 Å². The van der Waals surface area contributed by atoms with Crippen molar-refractivity contribution in [3.05, 3.63) is 52.1 Å². The van der Waals surface area contributed by atoms with Gasteiger partial charge in [-0.15, -0.1) is 11.3 Å². The normalized spacial score (nSPS) is 10.8. The van der Waals surface area contributed by atoms with Crippen LogP contribution in [0.25, 0.3) is 20.7 Å². The third kappa shape index (κ3) is 3.04. The Bertz CT molecular complexity index is 1090. The highest BCUT2D eigenvalue weighted by Crippen LogP contribution is 2.38. The van der Waals surface area contributed by atoms with Crippen molar-refractivity contribution >= 4 is 33.4 Å². The lowest BCUT2D eigenvalue weighted by molar-refractivity contribution is -0.135. The number of halogens is 1. The quantitative estimate of drug-likeness (QED) is 0.645. The third-order valence-electron chi connectivity index (χ3n) is 3.80. The molecule has 0 saturated carbocycles. The Morgan fingerprint density at radius 3 is 2.54 bits per heavy atom. The van der Waals surface area contributed by atoms with Gasteiger partial charge in [0.05, 0.1) is 10.2 Å². The molecule has 0 fully saturated rings. The van der Waals surface area contributed by atoms with Crippen molar-refractivity contribution in [1.29, 1.82) is 0 Å². The first-order valence-electron chi connectivity index (χ1n) is 7.41. The molecule has 134 valence electrons. The number of hydrogen-bond acceptors (Lipinski definition) is 5. The second-order valence-electron chi connectivity index (χ2n) is 5.50. The summed E-state index contributed by atoms with van der Waals surface area (Å²) in [6, 6.07) is 7.38. The number of aryl methyl sites for hydroxylation is 1. The topological polar surface area (TPSA) is 109 Å². The third-order valence-corrected chi connectivity index (χ3v) is 4.98. The summed E-state index contributed by atoms with van der Waals surface area (Å²) in [5, 5.41) is 21.1. The van der Waals surface area contributed by atoms with Crippen molar-refractivity contribution in [1.82, 2.24) is 9.88 Å². The van der Waals surface area contributed by atoms with E-state index in [1.807, 2.05) is 0 Å². The molecule has 7 nitrogen and oxygen atoms in total. The molecule has 2 aromatic heterocycles. The molecule has 3 N–H and O–H groups in total. The van der Waals surface area contributed by atoms with Crippen LogP contribution >= 0.6 is 11.3 Å². The molecule has 0 bridgehead atoms. The molecule has 0 radical (unpaired) electrons. The number of benzene rings is 1. The SMILES string of the molecule is Cn1c(=O)c(C(=O)NCC(=O)O)c(O)c2sc(-c3ccc(F)cc3)cc21. The van der Waals surface area contributed by atoms with Crippen LogP contribution in [0.1, 0.15) is 10.4 Å². The Morgan fingerprint density at radius 2 is 1.92 bits per heavy atom. The van der Waals surface area contributed by atoms with Gasteiger partial charge in [-0.05, 0) is 23.8 Å². The van der Waals surface area contributed by atoms with Crippen molar-refractivity contribution in [3.63, 3.8) is 0 Å². The average molecular weight is 376 g/mol. The van der Waals surface area contributed by atoms with Crippen LogP contribution in [0.4, 0.5) is 4.39 Å². The summed E-state index contributed by atoms with van der Waals surface area (Å²) < 4.78 is 14.6. The van der Waals surface area contributed by atoms with Gasteiger partial charge in [0.1, 0.15) is 17.9 Å². The first kappa shape index (κ1) is 17.6. The van der Waals surface area contributed by atoms with Gasteiger partial charge in [0.2, 0.25) is 0 Å². The molecule has 0 aliphatic carbocycles. The number of carboxylic acid groups (broad SMARTS) is 1. The van der Waals surface area contributed by atoms with E-state index in [2.05, 4.69) is 5.32 Å². The molecule has 1 aromatic carbocycles. The van der Waals surface area contributed by atoms with E-state index in [0.717, 1.165) is 11.3 Å². The zero-order valence-corrected chi connectivity index (χ0v) is 14.3. The summed E-state index contributed by atoms with van der Waals surface area (Å²) in [5.41, 5.74) is -0.168. The highest BCUT2D eigenvalue weighted by atomic mass is 32.1. The van der Waals surface area contributed by atoms with Crippen LogP contribution in [0.3, 0.4) is 0 Å². The molecule has 0 aliphatic rings. The standard InChI is InChI=1S/C17H13FN2O5S/c1-20-10-6-11(8-2-4-9(18)5-3-8)26-15(10)14(23)13(17(20)25)16(24)19-7-12(21)22/h2-6,23H,7H2,1H3,(H,19,24)(H,21,22). The monoisotopic (exact) mass is 376 g/mol. The first-order valence-corrected chi connectivity index (χ1v) is 8.22. The molecule has 0 atom stereocenters.